The number of rotatable bonds is 6. The van der Waals surface area contributed by atoms with Crippen LogP contribution in [0.4, 0.5) is 17.3 Å². The molecule has 1 aromatic carbocycles. The van der Waals surface area contributed by atoms with E-state index in [0.29, 0.717) is 18.3 Å². The van der Waals surface area contributed by atoms with Gasteiger partial charge in [-0.25, -0.2) is 15.8 Å². The fourth-order valence-corrected chi connectivity index (χ4v) is 2.18. The van der Waals surface area contributed by atoms with E-state index in [1.54, 1.807) is 13.2 Å². The minimum Gasteiger partial charge on any atom is -0.380 e. The van der Waals surface area contributed by atoms with Gasteiger partial charge in [0.1, 0.15) is 17.5 Å². The molecular weight excluding hydrogens is 266 g/mol. The average molecular weight is 285 g/mol. The summed E-state index contributed by atoms with van der Waals surface area (Å²) in [6.45, 7) is 0.586. The largest absolute Gasteiger partial charge is 0.380 e. The van der Waals surface area contributed by atoms with Crippen LogP contribution < -0.4 is 16.6 Å². The van der Waals surface area contributed by atoms with Crippen LogP contribution in [0.15, 0.2) is 30.3 Å². The number of nitrogens with zero attached hydrogens (tertiary/aromatic N) is 2. The Kier molecular flexibility index (Phi) is 3.98. The maximum atomic E-state index is 5.48. The van der Waals surface area contributed by atoms with E-state index in [2.05, 4.69) is 20.7 Å². The lowest BCUT2D eigenvalue weighted by Crippen LogP contribution is -2.11. The van der Waals surface area contributed by atoms with Crippen molar-refractivity contribution in [2.45, 2.75) is 25.4 Å². The van der Waals surface area contributed by atoms with Crippen LogP contribution in [0.3, 0.4) is 0 Å². The van der Waals surface area contributed by atoms with E-state index in [0.717, 1.165) is 35.7 Å². The van der Waals surface area contributed by atoms with Gasteiger partial charge in [0.25, 0.3) is 0 Å². The summed E-state index contributed by atoms with van der Waals surface area (Å²) in [5, 5.41) is 3.30. The van der Waals surface area contributed by atoms with Crippen molar-refractivity contribution in [2.75, 3.05) is 17.9 Å². The van der Waals surface area contributed by atoms with Crippen molar-refractivity contribution in [3.63, 3.8) is 0 Å². The van der Waals surface area contributed by atoms with Crippen LogP contribution in [0.1, 0.15) is 30.1 Å². The van der Waals surface area contributed by atoms with Crippen LogP contribution in [0, 0.1) is 0 Å². The lowest BCUT2D eigenvalue weighted by molar-refractivity contribution is 0.185. The maximum absolute atomic E-state index is 5.48. The van der Waals surface area contributed by atoms with E-state index in [1.807, 2.05) is 24.3 Å². The molecular formula is C15H19N5O. The van der Waals surface area contributed by atoms with Gasteiger partial charge >= 0.3 is 0 Å². The molecule has 0 saturated heterocycles. The lowest BCUT2D eigenvalue weighted by atomic mass is 10.2. The van der Waals surface area contributed by atoms with E-state index in [9.17, 15) is 0 Å². The monoisotopic (exact) mass is 285 g/mol. The van der Waals surface area contributed by atoms with Crippen LogP contribution >= 0.6 is 0 Å². The number of hydrogen-bond donors (Lipinski definition) is 3. The fourth-order valence-electron chi connectivity index (χ4n) is 2.18. The predicted molar refractivity (Wildman–Crippen MR) is 82.3 cm³/mol. The molecule has 1 aliphatic rings. The van der Waals surface area contributed by atoms with Crippen molar-refractivity contribution in [2.24, 2.45) is 5.84 Å². The van der Waals surface area contributed by atoms with Gasteiger partial charge in [-0.2, -0.15) is 0 Å². The first-order chi connectivity index (χ1) is 10.3. The first-order valence-electron chi connectivity index (χ1n) is 6.99. The number of hydrazine groups is 1. The Labute approximate surface area is 123 Å². The third kappa shape index (κ3) is 3.48. The summed E-state index contributed by atoms with van der Waals surface area (Å²) in [4.78, 5) is 8.96. The van der Waals surface area contributed by atoms with Crippen molar-refractivity contribution in [1.29, 1.82) is 0 Å². The molecule has 1 saturated carbocycles. The summed E-state index contributed by atoms with van der Waals surface area (Å²) in [7, 11) is 1.69. The van der Waals surface area contributed by atoms with Gasteiger partial charge in [0.05, 0.1) is 6.61 Å². The zero-order valence-corrected chi connectivity index (χ0v) is 12.0. The molecule has 1 fully saturated rings. The summed E-state index contributed by atoms with van der Waals surface area (Å²) in [6.07, 6.45) is 2.30. The lowest BCUT2D eigenvalue weighted by Gasteiger charge is -2.10. The topological polar surface area (TPSA) is 85.1 Å². The Balaban J connectivity index is 1.83. The maximum Gasteiger partial charge on any atom is 0.145 e. The molecule has 0 radical (unpaired) electrons. The van der Waals surface area contributed by atoms with Crippen LogP contribution in [0.25, 0.3) is 0 Å². The molecule has 0 aliphatic heterocycles. The van der Waals surface area contributed by atoms with Crippen molar-refractivity contribution >= 4 is 17.3 Å². The Hall–Kier alpha value is -2.18. The molecule has 1 aliphatic carbocycles. The fraction of sp³-hybridized carbons (Fsp3) is 0.333. The summed E-state index contributed by atoms with van der Waals surface area (Å²) < 4.78 is 5.15. The molecule has 3 rings (SSSR count). The Morgan fingerprint density at radius 2 is 2.05 bits per heavy atom. The highest BCUT2D eigenvalue weighted by Crippen LogP contribution is 2.39. The summed E-state index contributed by atoms with van der Waals surface area (Å²) in [6, 6.07) is 9.85. The minimum absolute atomic E-state index is 0.471. The van der Waals surface area contributed by atoms with Gasteiger partial charge in [-0.05, 0) is 30.5 Å². The summed E-state index contributed by atoms with van der Waals surface area (Å²) >= 11 is 0. The number of anilines is 3. The van der Waals surface area contributed by atoms with E-state index in [4.69, 9.17) is 10.6 Å². The molecule has 0 atom stereocenters. The molecule has 0 bridgehead atoms. The van der Waals surface area contributed by atoms with Crippen LogP contribution in [0.2, 0.25) is 0 Å². The number of hydrogen-bond acceptors (Lipinski definition) is 6. The predicted octanol–water partition coefficient (Wildman–Crippen LogP) is 2.53. The molecule has 0 unspecified atom stereocenters. The second-order valence-corrected chi connectivity index (χ2v) is 5.17. The van der Waals surface area contributed by atoms with Crippen LogP contribution in [0.5, 0.6) is 0 Å². The summed E-state index contributed by atoms with van der Waals surface area (Å²) in [5.41, 5.74) is 4.67. The van der Waals surface area contributed by atoms with E-state index in [1.165, 1.54) is 0 Å². The third-order valence-corrected chi connectivity index (χ3v) is 3.34. The normalized spacial score (nSPS) is 14.0. The van der Waals surface area contributed by atoms with E-state index < -0.39 is 0 Å². The highest BCUT2D eigenvalue weighted by molar-refractivity contribution is 5.60. The second-order valence-electron chi connectivity index (χ2n) is 5.17. The molecule has 110 valence electrons. The number of nitrogen functional groups attached to an aromatic ring is 1. The number of nitrogens with one attached hydrogen (secondary N) is 2. The molecule has 6 heteroatoms. The Morgan fingerprint density at radius 1 is 1.24 bits per heavy atom. The third-order valence-electron chi connectivity index (χ3n) is 3.34. The molecule has 1 aromatic heterocycles. The second kappa shape index (κ2) is 6.07. The zero-order chi connectivity index (χ0) is 14.7. The molecule has 21 heavy (non-hydrogen) atoms. The number of aromatic nitrogens is 2. The number of ether oxygens (including phenoxy) is 1. The highest BCUT2D eigenvalue weighted by Gasteiger charge is 2.27. The van der Waals surface area contributed by atoms with Gasteiger partial charge in [0.15, 0.2) is 0 Å². The van der Waals surface area contributed by atoms with Crippen molar-refractivity contribution in [3.05, 3.63) is 41.7 Å². The molecule has 2 aromatic rings. The number of methoxy groups -OCH3 is 1. The first-order valence-corrected chi connectivity index (χ1v) is 6.99. The van der Waals surface area contributed by atoms with Gasteiger partial charge in [-0.15, -0.1) is 0 Å². The molecule has 6 nitrogen and oxygen atoms in total. The molecule has 0 amide bonds. The Bertz CT molecular complexity index is 627. The van der Waals surface area contributed by atoms with Crippen LogP contribution in [-0.2, 0) is 11.3 Å². The summed E-state index contributed by atoms with van der Waals surface area (Å²) in [5.74, 6) is 8.17. The van der Waals surface area contributed by atoms with Gasteiger partial charge in [-0.3, -0.25) is 0 Å². The van der Waals surface area contributed by atoms with Crippen molar-refractivity contribution in [1.82, 2.24) is 9.97 Å². The van der Waals surface area contributed by atoms with Gasteiger partial charge < -0.3 is 15.5 Å². The zero-order valence-electron chi connectivity index (χ0n) is 12.0. The highest BCUT2D eigenvalue weighted by atomic mass is 16.5. The van der Waals surface area contributed by atoms with Crippen molar-refractivity contribution in [3.8, 4) is 0 Å². The van der Waals surface area contributed by atoms with Gasteiger partial charge in [0.2, 0.25) is 0 Å². The standard InChI is InChI=1S/C15H19N5O/c1-21-9-10-3-2-4-12(7-10)17-13-8-14(20-16)19-15(18-13)11-5-6-11/h2-4,7-8,11H,5-6,9,16H2,1H3,(H2,17,18,19,20). The number of benzene rings is 1. The first kappa shape index (κ1) is 13.8. The quantitative estimate of drug-likeness (QED) is 0.558. The molecule has 0 spiro atoms. The smallest absolute Gasteiger partial charge is 0.145 e. The van der Waals surface area contributed by atoms with E-state index in [-0.39, 0.29) is 0 Å². The SMILES string of the molecule is COCc1cccc(Nc2cc(NN)nc(C3CC3)n2)c1. The number of nitrogens with two attached hydrogens (primary N) is 1. The Morgan fingerprint density at radius 3 is 2.76 bits per heavy atom. The average Bonchev–Trinajstić information content (AvgIpc) is 3.32. The molecule has 1 heterocycles. The minimum atomic E-state index is 0.471. The molecule has 4 N–H and O–H groups in total. The van der Waals surface area contributed by atoms with Crippen LogP contribution in [-0.4, -0.2) is 17.1 Å². The van der Waals surface area contributed by atoms with Gasteiger partial charge in [0, 0.05) is 24.8 Å². The van der Waals surface area contributed by atoms with Crippen molar-refractivity contribution < 1.29 is 4.74 Å². The van der Waals surface area contributed by atoms with E-state index >= 15 is 0 Å². The van der Waals surface area contributed by atoms with Gasteiger partial charge in [-0.1, -0.05) is 12.1 Å².